The Morgan fingerprint density at radius 2 is 2.03 bits per heavy atom. The van der Waals surface area contributed by atoms with Gasteiger partial charge >= 0.3 is 0 Å². The van der Waals surface area contributed by atoms with Gasteiger partial charge in [0.25, 0.3) is 0 Å². The molecule has 11 heteroatoms. The van der Waals surface area contributed by atoms with Crippen LogP contribution in [-0.4, -0.2) is 67.8 Å². The van der Waals surface area contributed by atoms with Crippen LogP contribution in [-0.2, 0) is 14.8 Å². The van der Waals surface area contributed by atoms with Crippen LogP contribution in [0.4, 0.5) is 10.2 Å². The van der Waals surface area contributed by atoms with Gasteiger partial charge < -0.3 is 15.0 Å². The Labute approximate surface area is 192 Å². The van der Waals surface area contributed by atoms with Crippen molar-refractivity contribution >= 4 is 21.7 Å². The molecule has 1 aromatic carbocycles. The van der Waals surface area contributed by atoms with Crippen molar-refractivity contribution in [3.8, 4) is 11.8 Å². The van der Waals surface area contributed by atoms with Gasteiger partial charge in [-0.05, 0) is 36.8 Å². The van der Waals surface area contributed by atoms with Crippen LogP contribution in [0.1, 0.15) is 12.0 Å². The minimum Gasteiger partial charge on any atom is -0.492 e. The zero-order chi connectivity index (χ0) is 23.8. The van der Waals surface area contributed by atoms with Gasteiger partial charge in [-0.1, -0.05) is 12.6 Å². The maximum atomic E-state index is 14.6. The van der Waals surface area contributed by atoms with Crippen molar-refractivity contribution in [2.75, 3.05) is 44.6 Å². The molecule has 0 radical (unpaired) electrons. The fourth-order valence-electron chi connectivity index (χ4n) is 3.30. The van der Waals surface area contributed by atoms with Crippen LogP contribution in [0.15, 0.2) is 54.1 Å². The van der Waals surface area contributed by atoms with Crippen molar-refractivity contribution < 1.29 is 22.3 Å². The van der Waals surface area contributed by atoms with Gasteiger partial charge in [-0.2, -0.15) is 9.57 Å². The highest BCUT2D eigenvalue weighted by Crippen LogP contribution is 2.30. The number of aromatic nitrogens is 1. The maximum absolute atomic E-state index is 14.6. The van der Waals surface area contributed by atoms with E-state index in [0.29, 0.717) is 24.3 Å². The molecule has 0 spiro atoms. The van der Waals surface area contributed by atoms with E-state index in [1.54, 1.807) is 12.1 Å². The van der Waals surface area contributed by atoms with E-state index in [0.717, 1.165) is 10.4 Å². The molecule has 3 rings (SSSR count). The van der Waals surface area contributed by atoms with Crippen molar-refractivity contribution in [3.63, 3.8) is 0 Å². The van der Waals surface area contributed by atoms with Crippen molar-refractivity contribution in [1.82, 2.24) is 14.2 Å². The van der Waals surface area contributed by atoms with E-state index < -0.39 is 20.7 Å². The summed E-state index contributed by atoms with van der Waals surface area (Å²) in [5.41, 5.74) is 0.456. The number of ether oxygens (including phenoxy) is 1. The molecule has 1 N–H and O–H groups in total. The summed E-state index contributed by atoms with van der Waals surface area (Å²) in [7, 11) is -4.15. The van der Waals surface area contributed by atoms with E-state index >= 15 is 0 Å². The average molecular weight is 474 g/mol. The molecule has 1 aliphatic heterocycles. The van der Waals surface area contributed by atoms with E-state index in [-0.39, 0.29) is 44.4 Å². The van der Waals surface area contributed by atoms with Gasteiger partial charge in [-0.25, -0.2) is 17.8 Å². The van der Waals surface area contributed by atoms with Crippen LogP contribution in [0.5, 0.6) is 5.75 Å². The molecule has 2 aromatic rings. The van der Waals surface area contributed by atoms with Gasteiger partial charge in [0.1, 0.15) is 23.5 Å². The number of hydrogen-bond donors (Lipinski definition) is 1. The van der Waals surface area contributed by atoms with Crippen LogP contribution < -0.4 is 10.1 Å². The third-order valence-corrected chi connectivity index (χ3v) is 6.99. The molecule has 0 saturated carbocycles. The fourth-order valence-corrected chi connectivity index (χ4v) is 4.89. The van der Waals surface area contributed by atoms with E-state index in [1.807, 2.05) is 6.07 Å². The fraction of sp³-hybridized carbons (Fsp3) is 0.318. The average Bonchev–Trinajstić information content (AvgIpc) is 2.83. The second-order valence-corrected chi connectivity index (χ2v) is 9.05. The lowest BCUT2D eigenvalue weighted by Crippen LogP contribution is -2.50. The van der Waals surface area contributed by atoms with Gasteiger partial charge in [0.15, 0.2) is 4.90 Å². The molecule has 9 nitrogen and oxygen atoms in total. The van der Waals surface area contributed by atoms with Crippen molar-refractivity contribution in [2.45, 2.75) is 11.3 Å². The molecule has 0 unspecified atom stereocenters. The summed E-state index contributed by atoms with van der Waals surface area (Å²) in [6.07, 6.45) is 3.13. The Bertz CT molecular complexity index is 1140. The Morgan fingerprint density at radius 3 is 2.67 bits per heavy atom. The highest BCUT2D eigenvalue weighted by molar-refractivity contribution is 7.89. The number of anilines is 1. The van der Waals surface area contributed by atoms with Gasteiger partial charge in [0.2, 0.25) is 15.9 Å². The van der Waals surface area contributed by atoms with Gasteiger partial charge in [-0.15, -0.1) is 0 Å². The first-order valence-electron chi connectivity index (χ1n) is 10.3. The van der Waals surface area contributed by atoms with Crippen LogP contribution >= 0.6 is 0 Å². The quantitative estimate of drug-likeness (QED) is 0.437. The highest BCUT2D eigenvalue weighted by atomic mass is 32.2. The summed E-state index contributed by atoms with van der Waals surface area (Å²) in [6.45, 7) is 4.56. The Hall–Kier alpha value is -3.49. The molecular formula is C22H24FN5O4S. The molecule has 0 bridgehead atoms. The number of benzene rings is 1. The molecule has 1 amide bonds. The summed E-state index contributed by atoms with van der Waals surface area (Å²) in [4.78, 5) is 16.8. The number of piperazine rings is 1. The molecule has 1 aliphatic rings. The normalized spacial score (nSPS) is 14.4. The maximum Gasteiger partial charge on any atom is 0.249 e. The molecule has 0 aliphatic carbocycles. The minimum absolute atomic E-state index is 0.0528. The van der Waals surface area contributed by atoms with Crippen molar-refractivity contribution in [1.29, 1.82) is 5.26 Å². The Morgan fingerprint density at radius 1 is 1.27 bits per heavy atom. The second kappa shape index (κ2) is 10.9. The van der Waals surface area contributed by atoms with Gasteiger partial charge in [-0.3, -0.25) is 4.79 Å². The summed E-state index contributed by atoms with van der Waals surface area (Å²) < 4.78 is 47.7. The van der Waals surface area contributed by atoms with E-state index in [2.05, 4.69) is 16.9 Å². The number of amides is 1. The molecule has 0 atom stereocenters. The van der Waals surface area contributed by atoms with Gasteiger partial charge in [0, 0.05) is 38.9 Å². The van der Waals surface area contributed by atoms with Crippen LogP contribution in [0, 0.1) is 17.1 Å². The lowest BCUT2D eigenvalue weighted by Gasteiger charge is -2.33. The smallest absolute Gasteiger partial charge is 0.249 e. The first kappa shape index (κ1) is 24.2. The number of nitriles is 1. The number of pyridine rings is 1. The Balaban J connectivity index is 1.60. The topological polar surface area (TPSA) is 116 Å². The molecular weight excluding hydrogens is 449 g/mol. The summed E-state index contributed by atoms with van der Waals surface area (Å²) in [5, 5.41) is 11.9. The SMILES string of the molecule is C=CC(=O)N1CCN(S(=O)(=O)c2c(F)cccc2OCCCNc2ccc(C#N)cn2)CC1. The second-order valence-electron chi connectivity index (χ2n) is 7.17. The zero-order valence-corrected chi connectivity index (χ0v) is 18.7. The zero-order valence-electron chi connectivity index (χ0n) is 17.9. The number of rotatable bonds is 9. The largest absolute Gasteiger partial charge is 0.492 e. The van der Waals surface area contributed by atoms with E-state index in [1.165, 1.54) is 29.3 Å². The van der Waals surface area contributed by atoms with E-state index in [9.17, 15) is 17.6 Å². The molecule has 1 saturated heterocycles. The highest BCUT2D eigenvalue weighted by Gasteiger charge is 2.34. The Kier molecular flexibility index (Phi) is 7.97. The van der Waals surface area contributed by atoms with Crippen LogP contribution in [0.3, 0.4) is 0 Å². The van der Waals surface area contributed by atoms with Crippen molar-refractivity contribution in [2.24, 2.45) is 0 Å². The minimum atomic E-state index is -4.15. The third kappa shape index (κ3) is 5.85. The first-order valence-corrected chi connectivity index (χ1v) is 11.7. The number of hydrogen-bond acceptors (Lipinski definition) is 7. The molecule has 1 fully saturated rings. The van der Waals surface area contributed by atoms with Crippen LogP contribution in [0.2, 0.25) is 0 Å². The molecule has 2 heterocycles. The molecule has 174 valence electrons. The lowest BCUT2D eigenvalue weighted by atomic mass is 10.3. The predicted octanol–water partition coefficient (Wildman–Crippen LogP) is 1.99. The number of halogens is 1. The predicted molar refractivity (Wildman–Crippen MR) is 119 cm³/mol. The third-order valence-electron chi connectivity index (χ3n) is 5.03. The summed E-state index contributed by atoms with van der Waals surface area (Å²) in [6, 6.07) is 9.20. The summed E-state index contributed by atoms with van der Waals surface area (Å²) in [5.74, 6) is -0.628. The van der Waals surface area contributed by atoms with Crippen molar-refractivity contribution in [3.05, 3.63) is 60.6 Å². The lowest BCUT2D eigenvalue weighted by molar-refractivity contribution is -0.127. The number of nitrogens with one attached hydrogen (secondary N) is 1. The first-order chi connectivity index (χ1) is 15.9. The molecule has 33 heavy (non-hydrogen) atoms. The van der Waals surface area contributed by atoms with E-state index in [4.69, 9.17) is 10.00 Å². The number of nitrogens with zero attached hydrogens (tertiary/aromatic N) is 4. The number of carbonyl (C=O) groups is 1. The van der Waals surface area contributed by atoms with Crippen LogP contribution in [0.25, 0.3) is 0 Å². The monoisotopic (exact) mass is 473 g/mol. The standard InChI is InChI=1S/C22H24FN5O4S/c1-2-21(29)27-10-12-28(13-11-27)33(30,31)22-18(23)5-3-6-19(22)32-14-4-9-25-20-8-7-17(15-24)16-26-20/h2-3,5-8,16H,1,4,9-14H2,(H,25,26). The number of sulfonamides is 1. The molecule has 1 aromatic heterocycles. The number of carbonyl (C=O) groups excluding carboxylic acids is 1. The van der Waals surface area contributed by atoms with Gasteiger partial charge in [0.05, 0.1) is 12.2 Å². The summed E-state index contributed by atoms with van der Waals surface area (Å²) >= 11 is 0.